The van der Waals surface area contributed by atoms with E-state index in [0.29, 0.717) is 5.41 Å². The van der Waals surface area contributed by atoms with Crippen molar-refractivity contribution in [1.82, 2.24) is 0 Å². The van der Waals surface area contributed by atoms with Crippen molar-refractivity contribution in [3.63, 3.8) is 0 Å². The molecule has 0 heterocycles. The summed E-state index contributed by atoms with van der Waals surface area (Å²) in [4.78, 5) is 0. The summed E-state index contributed by atoms with van der Waals surface area (Å²) in [5.74, 6) is 4.95. The molecule has 2 rings (SSSR count). The lowest BCUT2D eigenvalue weighted by Crippen LogP contribution is -2.25. The average Bonchev–Trinajstić information content (AvgIpc) is 3.01. The first kappa shape index (κ1) is 19.1. The topological polar surface area (TPSA) is 0 Å². The predicted octanol–water partition coefficient (Wildman–Crippen LogP) is 7.64. The van der Waals surface area contributed by atoms with E-state index in [0.717, 1.165) is 29.6 Å². The maximum Gasteiger partial charge on any atom is -0.0169 e. The highest BCUT2D eigenvalue weighted by atomic mass is 14.5. The lowest BCUT2D eigenvalue weighted by molar-refractivity contribution is 0.201. The molecule has 5 atom stereocenters. The molecule has 23 heavy (non-hydrogen) atoms. The molecule has 0 aromatic heterocycles. The summed E-state index contributed by atoms with van der Waals surface area (Å²) in [5, 5.41) is 0. The summed E-state index contributed by atoms with van der Waals surface area (Å²) >= 11 is 0. The summed E-state index contributed by atoms with van der Waals surface area (Å²) in [6.45, 7) is 14.3. The maximum absolute atomic E-state index is 2.49. The van der Waals surface area contributed by atoms with Crippen LogP contribution in [0.2, 0.25) is 0 Å². The van der Waals surface area contributed by atoms with E-state index in [4.69, 9.17) is 0 Å². The summed E-state index contributed by atoms with van der Waals surface area (Å²) in [5.41, 5.74) is 2.31. The van der Waals surface area contributed by atoms with E-state index < -0.39 is 0 Å². The summed E-state index contributed by atoms with van der Waals surface area (Å²) in [7, 11) is 0. The minimum atomic E-state index is 0.493. The van der Waals surface area contributed by atoms with Crippen LogP contribution in [0.3, 0.4) is 0 Å². The Kier molecular flexibility index (Phi) is 6.81. The fraction of sp³-hybridized carbons (Fsp3) is 0.913. The molecular weight excluding hydrogens is 276 g/mol. The third kappa shape index (κ3) is 5.10. The van der Waals surface area contributed by atoms with Crippen molar-refractivity contribution in [2.45, 2.75) is 99.3 Å². The first-order valence-electron chi connectivity index (χ1n) is 10.5. The smallest absolute Gasteiger partial charge is 0.0169 e. The Morgan fingerprint density at radius 3 is 2.48 bits per heavy atom. The van der Waals surface area contributed by atoms with Gasteiger partial charge < -0.3 is 0 Å². The summed E-state index contributed by atoms with van der Waals surface area (Å²) in [6.07, 6.45) is 15.5. The number of rotatable bonds is 8. The molecule has 0 radical (unpaired) electrons. The number of allylic oxidation sites excluding steroid dienone is 2. The van der Waals surface area contributed by atoms with Gasteiger partial charge in [0.2, 0.25) is 0 Å². The lowest BCUT2D eigenvalue weighted by atomic mass is 9.71. The van der Waals surface area contributed by atoms with Gasteiger partial charge in [-0.2, -0.15) is 0 Å². The van der Waals surface area contributed by atoms with Gasteiger partial charge in [0.15, 0.2) is 0 Å². The molecule has 0 N–H and O–H groups in total. The van der Waals surface area contributed by atoms with Gasteiger partial charge >= 0.3 is 0 Å². The molecule has 2 fully saturated rings. The van der Waals surface area contributed by atoms with E-state index in [-0.39, 0.29) is 0 Å². The van der Waals surface area contributed by atoms with Crippen LogP contribution in [-0.4, -0.2) is 0 Å². The van der Waals surface area contributed by atoms with Crippen molar-refractivity contribution in [2.24, 2.45) is 35.0 Å². The molecule has 2 bridgehead atoms. The molecule has 2 aliphatic carbocycles. The van der Waals surface area contributed by atoms with Crippen molar-refractivity contribution >= 4 is 0 Å². The minimum Gasteiger partial charge on any atom is -0.0882 e. The van der Waals surface area contributed by atoms with E-state index >= 15 is 0 Å². The zero-order valence-corrected chi connectivity index (χ0v) is 16.8. The molecule has 5 unspecified atom stereocenters. The van der Waals surface area contributed by atoms with E-state index in [9.17, 15) is 0 Å². The number of hydrogen-bond acceptors (Lipinski definition) is 0. The second kappa shape index (κ2) is 8.21. The molecule has 0 aromatic rings. The summed E-state index contributed by atoms with van der Waals surface area (Å²) in [6, 6.07) is 0. The van der Waals surface area contributed by atoms with E-state index in [1.54, 1.807) is 0 Å². The van der Waals surface area contributed by atoms with Crippen molar-refractivity contribution in [2.75, 3.05) is 0 Å². The van der Waals surface area contributed by atoms with Gasteiger partial charge in [0.25, 0.3) is 0 Å². The maximum atomic E-state index is 2.49. The van der Waals surface area contributed by atoms with E-state index in [2.05, 4.69) is 47.6 Å². The second-order valence-electron chi connectivity index (χ2n) is 9.94. The Hall–Kier alpha value is -0.260. The molecule has 0 aromatic carbocycles. The van der Waals surface area contributed by atoms with Crippen LogP contribution >= 0.6 is 0 Å². The zero-order chi connectivity index (χ0) is 17.0. The highest BCUT2D eigenvalue weighted by Crippen LogP contribution is 2.58. The largest absolute Gasteiger partial charge is 0.0882 e. The van der Waals surface area contributed by atoms with Crippen LogP contribution in [0, 0.1) is 35.0 Å². The third-order valence-electron chi connectivity index (χ3n) is 6.67. The van der Waals surface area contributed by atoms with Crippen molar-refractivity contribution in [3.8, 4) is 0 Å². The van der Waals surface area contributed by atoms with Gasteiger partial charge in [-0.05, 0) is 74.0 Å². The molecule has 0 saturated heterocycles. The van der Waals surface area contributed by atoms with Crippen LogP contribution < -0.4 is 0 Å². The molecule has 0 spiro atoms. The van der Waals surface area contributed by atoms with Crippen LogP contribution in [0.1, 0.15) is 99.3 Å². The van der Waals surface area contributed by atoms with Gasteiger partial charge in [-0.3, -0.25) is 0 Å². The van der Waals surface area contributed by atoms with Crippen LogP contribution in [0.25, 0.3) is 0 Å². The minimum absolute atomic E-state index is 0.493. The van der Waals surface area contributed by atoms with Crippen LogP contribution in [-0.2, 0) is 0 Å². The molecular formula is C23H42. The molecule has 0 aliphatic heterocycles. The van der Waals surface area contributed by atoms with E-state index in [1.165, 1.54) is 57.8 Å². The monoisotopic (exact) mass is 318 g/mol. The predicted molar refractivity (Wildman–Crippen MR) is 104 cm³/mol. The van der Waals surface area contributed by atoms with Crippen molar-refractivity contribution in [3.05, 3.63) is 11.6 Å². The molecule has 2 saturated carbocycles. The van der Waals surface area contributed by atoms with Crippen molar-refractivity contribution in [1.29, 1.82) is 0 Å². The lowest BCUT2D eigenvalue weighted by Gasteiger charge is -2.34. The molecule has 2 aliphatic rings. The highest BCUT2D eigenvalue weighted by molar-refractivity contribution is 5.20. The Morgan fingerprint density at radius 1 is 1.13 bits per heavy atom. The van der Waals surface area contributed by atoms with Crippen molar-refractivity contribution < 1.29 is 0 Å². The second-order valence-corrected chi connectivity index (χ2v) is 9.94. The first-order valence-corrected chi connectivity index (χ1v) is 10.5. The standard InChI is InChI=1S/C23H42/c1-7-9-10-11-21-20(13-12-17(3)16-23(4,5)6)19-14-18(8-2)22(21)15-19/h8,17,19-22H,7,9-16H2,1-6H3/b18-8-. The van der Waals surface area contributed by atoms with Crippen LogP contribution in [0.15, 0.2) is 11.6 Å². The van der Waals surface area contributed by atoms with E-state index in [1.807, 2.05) is 5.57 Å². The van der Waals surface area contributed by atoms with Gasteiger partial charge in [-0.25, -0.2) is 0 Å². The van der Waals surface area contributed by atoms with Crippen LogP contribution in [0.5, 0.6) is 0 Å². The normalized spacial score (nSPS) is 33.6. The Balaban J connectivity index is 1.91. The Bertz CT molecular complexity index is 383. The fourth-order valence-corrected chi connectivity index (χ4v) is 5.89. The van der Waals surface area contributed by atoms with Gasteiger partial charge in [0.1, 0.15) is 0 Å². The van der Waals surface area contributed by atoms with Gasteiger partial charge in [-0.1, -0.05) is 72.0 Å². The molecule has 0 amide bonds. The fourth-order valence-electron chi connectivity index (χ4n) is 5.89. The molecule has 0 heteroatoms. The number of unbranched alkanes of at least 4 members (excludes halogenated alkanes) is 2. The zero-order valence-electron chi connectivity index (χ0n) is 16.8. The number of fused-ring (bicyclic) bond motifs is 2. The van der Waals surface area contributed by atoms with Crippen LogP contribution in [0.4, 0.5) is 0 Å². The average molecular weight is 319 g/mol. The quantitative estimate of drug-likeness (QED) is 0.318. The Labute approximate surface area is 146 Å². The molecule has 0 nitrogen and oxygen atoms in total. The number of hydrogen-bond donors (Lipinski definition) is 0. The third-order valence-corrected chi connectivity index (χ3v) is 6.67. The molecule has 134 valence electrons. The summed E-state index contributed by atoms with van der Waals surface area (Å²) < 4.78 is 0. The van der Waals surface area contributed by atoms with Gasteiger partial charge in [0.05, 0.1) is 0 Å². The highest BCUT2D eigenvalue weighted by Gasteiger charge is 2.48. The SMILES string of the molecule is C/C=C1/CC2CC1C(CCCCC)C2CCC(C)CC(C)(C)C. The van der Waals surface area contributed by atoms with Gasteiger partial charge in [-0.15, -0.1) is 0 Å². The Morgan fingerprint density at radius 2 is 1.87 bits per heavy atom. The van der Waals surface area contributed by atoms with Gasteiger partial charge in [0, 0.05) is 0 Å². The first-order chi connectivity index (χ1) is 10.9.